The first-order valence-corrected chi connectivity index (χ1v) is 5.17. The van der Waals surface area contributed by atoms with Crippen molar-refractivity contribution in [3.63, 3.8) is 0 Å². The number of ether oxygens (including phenoxy) is 1. The summed E-state index contributed by atoms with van der Waals surface area (Å²) in [5.74, 6) is 0.915. The van der Waals surface area contributed by atoms with Crippen molar-refractivity contribution in [1.82, 2.24) is 0 Å². The number of rotatable bonds is 2. The minimum Gasteiger partial charge on any atom is -0.483 e. The van der Waals surface area contributed by atoms with Gasteiger partial charge < -0.3 is 4.74 Å². The van der Waals surface area contributed by atoms with Crippen LogP contribution in [0.25, 0.3) is 0 Å². The number of carbonyl (C=O) groups excluding carboxylic acids is 1. The number of benzene rings is 1. The molecule has 0 aliphatic heterocycles. The fourth-order valence-electron chi connectivity index (χ4n) is 1.73. The first-order valence-electron chi connectivity index (χ1n) is 5.17. The van der Waals surface area contributed by atoms with Crippen molar-refractivity contribution in [2.24, 2.45) is 0 Å². The van der Waals surface area contributed by atoms with E-state index >= 15 is 0 Å². The molecule has 2 rings (SSSR count). The molecule has 0 heterocycles. The number of allylic oxidation sites excluding steroid dienone is 1. The van der Waals surface area contributed by atoms with Crippen molar-refractivity contribution < 1.29 is 9.53 Å². The summed E-state index contributed by atoms with van der Waals surface area (Å²) in [5, 5.41) is 0. The molecule has 78 valence electrons. The van der Waals surface area contributed by atoms with E-state index in [4.69, 9.17) is 4.74 Å². The lowest BCUT2D eigenvalue weighted by molar-refractivity contribution is -0.126. The van der Waals surface area contributed by atoms with Crippen LogP contribution in [0.3, 0.4) is 0 Å². The van der Waals surface area contributed by atoms with Crippen LogP contribution in [0.4, 0.5) is 0 Å². The molecule has 15 heavy (non-hydrogen) atoms. The average Bonchev–Trinajstić information content (AvgIpc) is 2.24. The van der Waals surface area contributed by atoms with Gasteiger partial charge in [-0.15, -0.1) is 0 Å². The molecule has 0 amide bonds. The minimum atomic E-state index is -0.280. The van der Waals surface area contributed by atoms with E-state index in [2.05, 4.69) is 6.58 Å². The van der Waals surface area contributed by atoms with Crippen LogP contribution in [0.2, 0.25) is 0 Å². The SMILES string of the molecule is C=C1CCC(Oc2ccccc2)C(=O)C1. The molecule has 1 unspecified atom stereocenters. The topological polar surface area (TPSA) is 26.3 Å². The van der Waals surface area contributed by atoms with Crippen LogP contribution in [-0.4, -0.2) is 11.9 Å². The van der Waals surface area contributed by atoms with Crippen LogP contribution in [-0.2, 0) is 4.79 Å². The van der Waals surface area contributed by atoms with Crippen LogP contribution >= 0.6 is 0 Å². The van der Waals surface area contributed by atoms with Crippen LogP contribution in [0.15, 0.2) is 42.5 Å². The molecule has 1 aromatic rings. The van der Waals surface area contributed by atoms with Gasteiger partial charge in [0.25, 0.3) is 0 Å². The van der Waals surface area contributed by atoms with Crippen molar-refractivity contribution in [3.05, 3.63) is 42.5 Å². The molecule has 0 N–H and O–H groups in total. The van der Waals surface area contributed by atoms with Gasteiger partial charge >= 0.3 is 0 Å². The van der Waals surface area contributed by atoms with Gasteiger partial charge in [0.05, 0.1) is 0 Å². The summed E-state index contributed by atoms with van der Waals surface area (Å²) in [7, 11) is 0. The average molecular weight is 202 g/mol. The highest BCUT2D eigenvalue weighted by Crippen LogP contribution is 2.23. The summed E-state index contributed by atoms with van der Waals surface area (Å²) in [4.78, 5) is 11.6. The van der Waals surface area contributed by atoms with Gasteiger partial charge in [-0.05, 0) is 25.0 Å². The highest BCUT2D eigenvalue weighted by molar-refractivity contribution is 5.86. The molecule has 1 saturated carbocycles. The Labute approximate surface area is 89.6 Å². The molecule has 0 bridgehead atoms. The molecule has 2 heteroatoms. The third-order valence-corrected chi connectivity index (χ3v) is 2.56. The second kappa shape index (κ2) is 4.30. The highest BCUT2D eigenvalue weighted by Gasteiger charge is 2.25. The van der Waals surface area contributed by atoms with E-state index in [-0.39, 0.29) is 11.9 Å². The first kappa shape index (κ1) is 9.97. The Hall–Kier alpha value is -1.57. The van der Waals surface area contributed by atoms with Gasteiger partial charge in [-0.2, -0.15) is 0 Å². The van der Waals surface area contributed by atoms with Gasteiger partial charge in [-0.3, -0.25) is 4.79 Å². The standard InChI is InChI=1S/C13H14O2/c1-10-7-8-13(12(14)9-10)15-11-5-3-2-4-6-11/h2-6,13H,1,7-9H2. The maximum absolute atomic E-state index is 11.6. The second-order valence-corrected chi connectivity index (χ2v) is 3.85. The number of hydrogen-bond acceptors (Lipinski definition) is 2. The van der Waals surface area contributed by atoms with E-state index in [1.54, 1.807) is 0 Å². The Morgan fingerprint density at radius 2 is 2.00 bits per heavy atom. The summed E-state index contributed by atoms with van der Waals surface area (Å²) < 4.78 is 5.63. The van der Waals surface area contributed by atoms with Crippen molar-refractivity contribution in [2.75, 3.05) is 0 Å². The molecule has 1 aliphatic rings. The van der Waals surface area contributed by atoms with Crippen LogP contribution in [0, 0.1) is 0 Å². The van der Waals surface area contributed by atoms with Crippen molar-refractivity contribution >= 4 is 5.78 Å². The fourth-order valence-corrected chi connectivity index (χ4v) is 1.73. The summed E-state index contributed by atoms with van der Waals surface area (Å²) in [6, 6.07) is 9.48. The van der Waals surface area contributed by atoms with Crippen molar-refractivity contribution in [1.29, 1.82) is 0 Å². The van der Waals surface area contributed by atoms with E-state index in [0.29, 0.717) is 6.42 Å². The third kappa shape index (κ3) is 2.46. The van der Waals surface area contributed by atoms with E-state index in [0.717, 1.165) is 24.2 Å². The van der Waals surface area contributed by atoms with Crippen LogP contribution in [0.1, 0.15) is 19.3 Å². The van der Waals surface area contributed by atoms with Crippen LogP contribution < -0.4 is 4.74 Å². The van der Waals surface area contributed by atoms with Crippen molar-refractivity contribution in [3.8, 4) is 5.75 Å². The largest absolute Gasteiger partial charge is 0.483 e. The Morgan fingerprint density at radius 1 is 1.27 bits per heavy atom. The zero-order chi connectivity index (χ0) is 10.7. The molecular formula is C13H14O2. The monoisotopic (exact) mass is 202 g/mol. The fraction of sp³-hybridized carbons (Fsp3) is 0.308. The van der Waals surface area contributed by atoms with E-state index in [1.807, 2.05) is 30.3 Å². The lowest BCUT2D eigenvalue weighted by atomic mass is 9.92. The Kier molecular flexibility index (Phi) is 2.86. The molecule has 1 atom stereocenters. The Balaban J connectivity index is 2.01. The highest BCUT2D eigenvalue weighted by atomic mass is 16.5. The predicted molar refractivity (Wildman–Crippen MR) is 58.9 cm³/mol. The van der Waals surface area contributed by atoms with E-state index in [9.17, 15) is 4.79 Å². The zero-order valence-electron chi connectivity index (χ0n) is 8.61. The maximum atomic E-state index is 11.6. The number of ketones is 1. The van der Waals surface area contributed by atoms with Gasteiger partial charge in [0.15, 0.2) is 11.9 Å². The lowest BCUT2D eigenvalue weighted by Gasteiger charge is -2.23. The zero-order valence-corrected chi connectivity index (χ0v) is 8.61. The molecule has 0 spiro atoms. The number of Topliss-reactive ketones (excluding diaryl/α,β-unsaturated/α-hetero) is 1. The summed E-state index contributed by atoms with van der Waals surface area (Å²) in [5.41, 5.74) is 1.02. The first-order chi connectivity index (χ1) is 7.25. The van der Waals surface area contributed by atoms with Gasteiger partial charge in [0, 0.05) is 6.42 Å². The minimum absolute atomic E-state index is 0.148. The quantitative estimate of drug-likeness (QED) is 0.689. The van der Waals surface area contributed by atoms with Gasteiger partial charge in [-0.1, -0.05) is 30.4 Å². The van der Waals surface area contributed by atoms with Crippen molar-refractivity contribution in [2.45, 2.75) is 25.4 Å². The van der Waals surface area contributed by atoms with Gasteiger partial charge in [0.1, 0.15) is 5.75 Å². The predicted octanol–water partition coefficient (Wildman–Crippen LogP) is 2.74. The summed E-state index contributed by atoms with van der Waals surface area (Å²) >= 11 is 0. The Bertz CT molecular complexity index is 367. The molecule has 1 fully saturated rings. The molecule has 0 saturated heterocycles. The normalized spacial score (nSPS) is 21.5. The molecule has 2 nitrogen and oxygen atoms in total. The lowest BCUT2D eigenvalue weighted by Crippen LogP contribution is -2.31. The second-order valence-electron chi connectivity index (χ2n) is 3.85. The Morgan fingerprint density at radius 3 is 2.67 bits per heavy atom. The summed E-state index contributed by atoms with van der Waals surface area (Å²) in [6.45, 7) is 3.83. The molecule has 0 radical (unpaired) electrons. The number of para-hydroxylation sites is 1. The molecule has 1 aromatic carbocycles. The number of hydrogen-bond donors (Lipinski definition) is 0. The molecule has 1 aliphatic carbocycles. The smallest absolute Gasteiger partial charge is 0.177 e. The van der Waals surface area contributed by atoms with E-state index < -0.39 is 0 Å². The molecular weight excluding hydrogens is 188 g/mol. The summed E-state index contributed by atoms with van der Waals surface area (Å²) in [6.07, 6.45) is 1.84. The number of carbonyl (C=O) groups is 1. The third-order valence-electron chi connectivity index (χ3n) is 2.56. The van der Waals surface area contributed by atoms with Gasteiger partial charge in [0.2, 0.25) is 0 Å². The van der Waals surface area contributed by atoms with E-state index in [1.165, 1.54) is 0 Å². The molecule has 0 aromatic heterocycles. The maximum Gasteiger partial charge on any atom is 0.177 e. The van der Waals surface area contributed by atoms with Gasteiger partial charge in [-0.25, -0.2) is 0 Å². The van der Waals surface area contributed by atoms with Crippen LogP contribution in [0.5, 0.6) is 5.75 Å².